The molecule has 2 rings (SSSR count). The Morgan fingerprint density at radius 2 is 2.33 bits per heavy atom. The molecule has 0 nitrogen and oxygen atoms in total. The fourth-order valence-corrected chi connectivity index (χ4v) is 2.07. The minimum Gasteiger partial charge on any atom is -0.0917 e. The highest BCUT2D eigenvalue weighted by atomic mass is 14.6. The molecule has 0 aliphatic heterocycles. The van der Waals surface area contributed by atoms with Crippen LogP contribution in [0.4, 0.5) is 0 Å². The van der Waals surface area contributed by atoms with Gasteiger partial charge in [0.25, 0.3) is 0 Å². The van der Waals surface area contributed by atoms with Crippen LogP contribution in [0, 0.1) is 17.8 Å². The summed E-state index contributed by atoms with van der Waals surface area (Å²) in [6, 6.07) is 0. The van der Waals surface area contributed by atoms with Crippen LogP contribution in [-0.4, -0.2) is 0 Å². The van der Waals surface area contributed by atoms with Gasteiger partial charge in [0.1, 0.15) is 0 Å². The zero-order valence-electron chi connectivity index (χ0n) is 6.01. The fourth-order valence-electron chi connectivity index (χ4n) is 2.07. The summed E-state index contributed by atoms with van der Waals surface area (Å²) in [6.45, 7) is 2.11. The number of hydrogen-bond donors (Lipinski definition) is 0. The lowest BCUT2D eigenvalue weighted by Crippen LogP contribution is -2.14. The van der Waals surface area contributed by atoms with Crippen molar-refractivity contribution in [3.05, 3.63) is 12.2 Å². The molecule has 0 aromatic rings. The van der Waals surface area contributed by atoms with Gasteiger partial charge in [0.2, 0.25) is 0 Å². The fraction of sp³-hybridized carbons (Fsp3) is 0.778. The SMILES string of the molecule is CC=CCC1CC2CC12. The van der Waals surface area contributed by atoms with Crippen molar-refractivity contribution in [3.8, 4) is 0 Å². The van der Waals surface area contributed by atoms with Gasteiger partial charge >= 0.3 is 0 Å². The van der Waals surface area contributed by atoms with Gasteiger partial charge in [-0.15, -0.1) is 0 Å². The van der Waals surface area contributed by atoms with Crippen LogP contribution in [-0.2, 0) is 0 Å². The van der Waals surface area contributed by atoms with Gasteiger partial charge in [-0.3, -0.25) is 0 Å². The molecule has 0 saturated heterocycles. The molecule has 2 fully saturated rings. The second kappa shape index (κ2) is 1.86. The zero-order chi connectivity index (χ0) is 6.27. The molecular weight excluding hydrogens is 108 g/mol. The highest BCUT2D eigenvalue weighted by Gasteiger charge is 2.52. The topological polar surface area (TPSA) is 0 Å². The molecule has 0 heterocycles. The third-order valence-electron chi connectivity index (χ3n) is 2.86. The summed E-state index contributed by atoms with van der Waals surface area (Å²) in [4.78, 5) is 0. The van der Waals surface area contributed by atoms with Crippen molar-refractivity contribution in [3.63, 3.8) is 0 Å². The first-order chi connectivity index (χ1) is 4.42. The van der Waals surface area contributed by atoms with Gasteiger partial charge < -0.3 is 0 Å². The average Bonchev–Trinajstić information content (AvgIpc) is 2.44. The lowest BCUT2D eigenvalue weighted by atomic mass is 9.83. The summed E-state index contributed by atoms with van der Waals surface area (Å²) in [6.07, 6.45) is 8.95. The molecule has 2 aliphatic rings. The molecule has 0 radical (unpaired) electrons. The largest absolute Gasteiger partial charge is 0.0917 e. The Morgan fingerprint density at radius 3 is 2.78 bits per heavy atom. The summed E-state index contributed by atoms with van der Waals surface area (Å²) in [7, 11) is 0. The molecule has 0 heteroatoms. The Kier molecular flexibility index (Phi) is 1.14. The second-order valence-electron chi connectivity index (χ2n) is 3.46. The van der Waals surface area contributed by atoms with Crippen LogP contribution in [0.25, 0.3) is 0 Å². The van der Waals surface area contributed by atoms with Crippen LogP contribution >= 0.6 is 0 Å². The van der Waals surface area contributed by atoms with Crippen LogP contribution < -0.4 is 0 Å². The molecule has 0 aromatic heterocycles. The maximum absolute atomic E-state index is 2.32. The molecule has 2 saturated carbocycles. The molecule has 0 spiro atoms. The molecule has 0 bridgehead atoms. The molecule has 2 aliphatic carbocycles. The van der Waals surface area contributed by atoms with Crippen molar-refractivity contribution >= 4 is 0 Å². The van der Waals surface area contributed by atoms with E-state index in [0.29, 0.717) is 0 Å². The van der Waals surface area contributed by atoms with E-state index in [0.717, 1.165) is 5.92 Å². The molecule has 50 valence electrons. The predicted octanol–water partition coefficient (Wildman–Crippen LogP) is 2.61. The first kappa shape index (κ1) is 5.52. The second-order valence-corrected chi connectivity index (χ2v) is 3.46. The van der Waals surface area contributed by atoms with Crippen LogP contribution in [0.15, 0.2) is 12.2 Å². The average molecular weight is 122 g/mol. The van der Waals surface area contributed by atoms with E-state index in [2.05, 4.69) is 19.1 Å². The molecular formula is C9H14. The lowest BCUT2D eigenvalue weighted by Gasteiger charge is -2.22. The first-order valence-corrected chi connectivity index (χ1v) is 4.03. The van der Waals surface area contributed by atoms with Crippen molar-refractivity contribution < 1.29 is 0 Å². The summed E-state index contributed by atoms with van der Waals surface area (Å²) in [5, 5.41) is 0. The molecule has 0 aromatic carbocycles. The van der Waals surface area contributed by atoms with E-state index >= 15 is 0 Å². The van der Waals surface area contributed by atoms with Crippen LogP contribution in [0.1, 0.15) is 26.2 Å². The molecule has 0 amide bonds. The highest BCUT2D eigenvalue weighted by Crippen LogP contribution is 2.60. The van der Waals surface area contributed by atoms with Crippen LogP contribution in [0.2, 0.25) is 0 Å². The van der Waals surface area contributed by atoms with E-state index in [-0.39, 0.29) is 0 Å². The molecule has 3 atom stereocenters. The quantitative estimate of drug-likeness (QED) is 0.494. The van der Waals surface area contributed by atoms with Gasteiger partial charge in [-0.2, -0.15) is 0 Å². The Labute approximate surface area is 57.0 Å². The van der Waals surface area contributed by atoms with Crippen LogP contribution in [0.5, 0.6) is 0 Å². The minimum atomic E-state index is 1.09. The normalized spacial score (nSPS) is 46.6. The number of fused-ring (bicyclic) bond motifs is 1. The van der Waals surface area contributed by atoms with E-state index < -0.39 is 0 Å². The summed E-state index contributed by atoms with van der Waals surface area (Å²) >= 11 is 0. The van der Waals surface area contributed by atoms with E-state index in [1.54, 1.807) is 6.42 Å². The van der Waals surface area contributed by atoms with E-state index in [1.807, 2.05) is 0 Å². The van der Waals surface area contributed by atoms with Gasteiger partial charge in [0.05, 0.1) is 0 Å². The summed E-state index contributed by atoms with van der Waals surface area (Å²) in [5.41, 5.74) is 0. The third-order valence-corrected chi connectivity index (χ3v) is 2.86. The van der Waals surface area contributed by atoms with Crippen LogP contribution in [0.3, 0.4) is 0 Å². The Hall–Kier alpha value is -0.260. The van der Waals surface area contributed by atoms with Gasteiger partial charge in [0, 0.05) is 0 Å². The number of rotatable bonds is 2. The maximum Gasteiger partial charge on any atom is -0.0319 e. The van der Waals surface area contributed by atoms with E-state index in [9.17, 15) is 0 Å². The summed E-state index contributed by atoms with van der Waals surface area (Å²) < 4.78 is 0. The van der Waals surface area contributed by atoms with Gasteiger partial charge in [0.15, 0.2) is 0 Å². The van der Waals surface area contributed by atoms with Crippen molar-refractivity contribution in [2.75, 3.05) is 0 Å². The van der Waals surface area contributed by atoms with Gasteiger partial charge in [-0.25, -0.2) is 0 Å². The lowest BCUT2D eigenvalue weighted by molar-refractivity contribution is 0.292. The standard InChI is InChI=1S/C9H14/c1-2-3-4-7-5-8-6-9(7)8/h2-3,7-9H,4-6H2,1H3. The molecule has 3 unspecified atom stereocenters. The Balaban J connectivity index is 1.75. The van der Waals surface area contributed by atoms with Gasteiger partial charge in [-0.05, 0) is 43.9 Å². The minimum absolute atomic E-state index is 1.09. The predicted molar refractivity (Wildman–Crippen MR) is 39.1 cm³/mol. The maximum atomic E-state index is 2.32. The zero-order valence-corrected chi connectivity index (χ0v) is 6.01. The molecule has 9 heavy (non-hydrogen) atoms. The monoisotopic (exact) mass is 122 g/mol. The number of hydrogen-bond acceptors (Lipinski definition) is 0. The first-order valence-electron chi connectivity index (χ1n) is 4.03. The number of allylic oxidation sites excluding steroid dienone is 2. The molecule has 0 N–H and O–H groups in total. The van der Waals surface area contributed by atoms with Crippen molar-refractivity contribution in [1.29, 1.82) is 0 Å². The smallest absolute Gasteiger partial charge is 0.0319 e. The van der Waals surface area contributed by atoms with Gasteiger partial charge in [-0.1, -0.05) is 12.2 Å². The van der Waals surface area contributed by atoms with Crippen molar-refractivity contribution in [2.45, 2.75) is 26.2 Å². The Bertz CT molecular complexity index is 135. The highest BCUT2D eigenvalue weighted by molar-refractivity contribution is 5.04. The van der Waals surface area contributed by atoms with Crippen molar-refractivity contribution in [1.82, 2.24) is 0 Å². The Morgan fingerprint density at radius 1 is 1.44 bits per heavy atom. The van der Waals surface area contributed by atoms with E-state index in [1.165, 1.54) is 24.7 Å². The van der Waals surface area contributed by atoms with Crippen molar-refractivity contribution in [2.24, 2.45) is 17.8 Å². The third kappa shape index (κ3) is 0.810. The summed E-state index contributed by atoms with van der Waals surface area (Å²) in [5.74, 6) is 3.44. The van der Waals surface area contributed by atoms with E-state index in [4.69, 9.17) is 0 Å².